The van der Waals surface area contributed by atoms with Gasteiger partial charge in [-0.25, -0.2) is 4.68 Å². The first-order valence-electron chi connectivity index (χ1n) is 9.35. The summed E-state index contributed by atoms with van der Waals surface area (Å²) < 4.78 is 17.8. The zero-order chi connectivity index (χ0) is 19.8. The molecular weight excluding hydrogens is 372 g/mol. The Labute approximate surface area is 167 Å². The van der Waals surface area contributed by atoms with E-state index < -0.39 is 0 Å². The Hall–Kier alpha value is -3.52. The molecule has 8 nitrogen and oxygen atoms in total. The summed E-state index contributed by atoms with van der Waals surface area (Å²) in [7, 11) is 1.63. The molecule has 1 atom stereocenters. The average Bonchev–Trinajstić information content (AvgIpc) is 3.41. The lowest BCUT2D eigenvalue weighted by Gasteiger charge is -2.25. The minimum absolute atomic E-state index is 0.132. The molecule has 1 aromatic heterocycles. The van der Waals surface area contributed by atoms with E-state index in [9.17, 15) is 4.79 Å². The third-order valence-electron chi connectivity index (χ3n) is 5.06. The summed E-state index contributed by atoms with van der Waals surface area (Å²) in [5, 5.41) is 11.1. The van der Waals surface area contributed by atoms with Crippen molar-refractivity contribution in [2.45, 2.75) is 12.7 Å². The second-order valence-corrected chi connectivity index (χ2v) is 6.89. The van der Waals surface area contributed by atoms with Crippen LogP contribution in [0.15, 0.2) is 48.5 Å². The van der Waals surface area contributed by atoms with Crippen LogP contribution in [0.4, 0.5) is 0 Å². The van der Waals surface area contributed by atoms with Gasteiger partial charge in [0.2, 0.25) is 6.79 Å². The fourth-order valence-corrected chi connectivity index (χ4v) is 3.54. The van der Waals surface area contributed by atoms with Gasteiger partial charge in [0, 0.05) is 12.1 Å². The van der Waals surface area contributed by atoms with Crippen LogP contribution in [0.25, 0.3) is 11.3 Å². The Morgan fingerprint density at radius 1 is 1.21 bits per heavy atom. The van der Waals surface area contributed by atoms with Gasteiger partial charge in [0.1, 0.15) is 17.6 Å². The maximum absolute atomic E-state index is 12.3. The summed E-state index contributed by atoms with van der Waals surface area (Å²) in [6.07, 6.45) is -0.160. The SMILES string of the molecule is COc1cccc(-c2cc3n(n2)[C@@H](NCc2ccc4c(c2)OCO4)CNC3=O)c1. The predicted octanol–water partition coefficient (Wildman–Crippen LogP) is 2.32. The van der Waals surface area contributed by atoms with E-state index in [2.05, 4.69) is 10.6 Å². The van der Waals surface area contributed by atoms with E-state index in [1.165, 1.54) is 0 Å². The van der Waals surface area contributed by atoms with E-state index >= 15 is 0 Å². The number of carbonyl (C=O) groups excluding carboxylic acids is 1. The van der Waals surface area contributed by atoms with Crippen molar-refractivity contribution in [2.24, 2.45) is 0 Å². The van der Waals surface area contributed by atoms with Crippen molar-refractivity contribution in [3.63, 3.8) is 0 Å². The van der Waals surface area contributed by atoms with Gasteiger partial charge < -0.3 is 19.5 Å². The highest BCUT2D eigenvalue weighted by Crippen LogP contribution is 2.32. The molecule has 2 aromatic carbocycles. The van der Waals surface area contributed by atoms with Gasteiger partial charge in [-0.05, 0) is 35.9 Å². The first kappa shape index (κ1) is 17.6. The average molecular weight is 392 g/mol. The first-order valence-corrected chi connectivity index (χ1v) is 9.35. The van der Waals surface area contributed by atoms with Crippen molar-refractivity contribution < 1.29 is 19.0 Å². The van der Waals surface area contributed by atoms with Gasteiger partial charge in [-0.2, -0.15) is 5.10 Å². The third kappa shape index (κ3) is 3.27. The zero-order valence-corrected chi connectivity index (χ0v) is 15.8. The fourth-order valence-electron chi connectivity index (χ4n) is 3.54. The first-order chi connectivity index (χ1) is 14.2. The lowest BCUT2D eigenvalue weighted by molar-refractivity contribution is 0.0900. The zero-order valence-electron chi connectivity index (χ0n) is 15.8. The number of hydrogen-bond acceptors (Lipinski definition) is 6. The normalized spacial score (nSPS) is 17.0. The van der Waals surface area contributed by atoms with E-state index in [-0.39, 0.29) is 18.9 Å². The number of nitrogens with one attached hydrogen (secondary N) is 2. The molecule has 2 N–H and O–H groups in total. The molecule has 148 valence electrons. The molecule has 3 aromatic rings. The Kier molecular flexibility index (Phi) is 4.33. The van der Waals surface area contributed by atoms with E-state index in [0.717, 1.165) is 34.1 Å². The number of benzene rings is 2. The smallest absolute Gasteiger partial charge is 0.269 e. The van der Waals surface area contributed by atoms with Crippen LogP contribution in [-0.2, 0) is 6.54 Å². The molecule has 0 saturated heterocycles. The molecule has 0 radical (unpaired) electrons. The molecule has 2 aliphatic heterocycles. The molecule has 8 heteroatoms. The highest BCUT2D eigenvalue weighted by molar-refractivity contribution is 5.94. The number of fused-ring (bicyclic) bond motifs is 2. The Morgan fingerprint density at radius 3 is 3.00 bits per heavy atom. The summed E-state index contributed by atoms with van der Waals surface area (Å²) >= 11 is 0. The Bertz CT molecular complexity index is 1080. The van der Waals surface area contributed by atoms with Gasteiger partial charge in [0.05, 0.1) is 19.3 Å². The second kappa shape index (κ2) is 7.14. The lowest BCUT2D eigenvalue weighted by atomic mass is 10.1. The number of hydrogen-bond donors (Lipinski definition) is 2. The van der Waals surface area contributed by atoms with Crippen molar-refractivity contribution in [3.05, 3.63) is 59.8 Å². The minimum Gasteiger partial charge on any atom is -0.497 e. The van der Waals surface area contributed by atoms with Crippen molar-refractivity contribution in [3.8, 4) is 28.5 Å². The molecule has 0 saturated carbocycles. The molecule has 3 heterocycles. The van der Waals surface area contributed by atoms with Crippen LogP contribution < -0.4 is 24.8 Å². The van der Waals surface area contributed by atoms with E-state index in [1.54, 1.807) is 17.9 Å². The van der Waals surface area contributed by atoms with E-state index in [1.807, 2.05) is 42.5 Å². The Morgan fingerprint density at radius 2 is 2.10 bits per heavy atom. The summed E-state index contributed by atoms with van der Waals surface area (Å²) in [4.78, 5) is 12.3. The van der Waals surface area contributed by atoms with Crippen LogP contribution in [0.3, 0.4) is 0 Å². The van der Waals surface area contributed by atoms with Crippen molar-refractivity contribution in [1.82, 2.24) is 20.4 Å². The lowest BCUT2D eigenvalue weighted by Crippen LogP contribution is -2.45. The minimum atomic E-state index is -0.160. The topological polar surface area (TPSA) is 86.6 Å². The maximum Gasteiger partial charge on any atom is 0.269 e. The van der Waals surface area contributed by atoms with Crippen LogP contribution >= 0.6 is 0 Å². The molecule has 0 fully saturated rings. The second-order valence-electron chi connectivity index (χ2n) is 6.89. The van der Waals surface area contributed by atoms with Crippen LogP contribution in [0.5, 0.6) is 17.2 Å². The summed E-state index contributed by atoms with van der Waals surface area (Å²) in [5.41, 5.74) is 3.21. The highest BCUT2D eigenvalue weighted by atomic mass is 16.7. The number of amides is 1. The molecule has 0 spiro atoms. The van der Waals surface area contributed by atoms with Gasteiger partial charge >= 0.3 is 0 Å². The summed E-state index contributed by atoms with van der Waals surface area (Å²) in [6, 6.07) is 15.3. The van der Waals surface area contributed by atoms with Crippen molar-refractivity contribution in [1.29, 1.82) is 0 Å². The van der Waals surface area contributed by atoms with Gasteiger partial charge in [-0.15, -0.1) is 0 Å². The number of ether oxygens (including phenoxy) is 3. The monoisotopic (exact) mass is 392 g/mol. The fraction of sp³-hybridized carbons (Fsp3) is 0.238. The number of rotatable bonds is 5. The van der Waals surface area contributed by atoms with Crippen LogP contribution in [0.1, 0.15) is 22.2 Å². The van der Waals surface area contributed by atoms with Crippen molar-refractivity contribution >= 4 is 5.91 Å². The van der Waals surface area contributed by atoms with Gasteiger partial charge in [0.15, 0.2) is 11.5 Å². The maximum atomic E-state index is 12.3. The van der Waals surface area contributed by atoms with Gasteiger partial charge in [-0.1, -0.05) is 18.2 Å². The number of carbonyl (C=O) groups is 1. The quantitative estimate of drug-likeness (QED) is 0.693. The van der Waals surface area contributed by atoms with Crippen LogP contribution in [-0.4, -0.2) is 36.1 Å². The molecule has 0 aliphatic carbocycles. The molecule has 5 rings (SSSR count). The number of aromatic nitrogens is 2. The van der Waals surface area contributed by atoms with Crippen LogP contribution in [0.2, 0.25) is 0 Å². The van der Waals surface area contributed by atoms with Gasteiger partial charge in [0.25, 0.3) is 5.91 Å². The highest BCUT2D eigenvalue weighted by Gasteiger charge is 2.27. The predicted molar refractivity (Wildman–Crippen MR) is 105 cm³/mol. The molecule has 0 unspecified atom stereocenters. The molecule has 2 aliphatic rings. The standard InChI is InChI=1S/C21H20N4O4/c1-27-15-4-2-3-14(8-15)16-9-17-21(26)23-11-20(25(17)24-16)22-10-13-5-6-18-19(7-13)29-12-28-18/h2-9,20,22H,10-12H2,1H3,(H,23,26)/t20-/m1/s1. The summed E-state index contributed by atoms with van der Waals surface area (Å²) in [5.74, 6) is 2.13. The summed E-state index contributed by atoms with van der Waals surface area (Å²) in [6.45, 7) is 1.31. The van der Waals surface area contributed by atoms with E-state index in [4.69, 9.17) is 19.3 Å². The van der Waals surface area contributed by atoms with E-state index in [0.29, 0.717) is 18.8 Å². The molecule has 29 heavy (non-hydrogen) atoms. The molecular formula is C21H20N4O4. The van der Waals surface area contributed by atoms with Crippen LogP contribution in [0, 0.1) is 0 Å². The third-order valence-corrected chi connectivity index (χ3v) is 5.06. The largest absolute Gasteiger partial charge is 0.497 e. The van der Waals surface area contributed by atoms with Crippen molar-refractivity contribution in [2.75, 3.05) is 20.4 Å². The molecule has 0 bridgehead atoms. The number of nitrogens with zero attached hydrogens (tertiary/aromatic N) is 2. The number of methoxy groups -OCH3 is 1. The van der Waals surface area contributed by atoms with Gasteiger partial charge in [-0.3, -0.25) is 10.1 Å². The molecule has 1 amide bonds. The Balaban J connectivity index is 1.38.